The largest absolute Gasteiger partial charge is 0.497 e. The molecule has 1 saturated heterocycles. The van der Waals surface area contributed by atoms with Gasteiger partial charge in [0, 0.05) is 38.1 Å². The van der Waals surface area contributed by atoms with Crippen molar-refractivity contribution in [3.8, 4) is 5.75 Å². The van der Waals surface area contributed by atoms with Crippen molar-refractivity contribution in [1.82, 2.24) is 19.0 Å². The molecule has 0 radical (unpaired) electrons. The molecule has 3 aromatic rings. The molecule has 4 rings (SSSR count). The van der Waals surface area contributed by atoms with Crippen molar-refractivity contribution < 1.29 is 9.53 Å². The van der Waals surface area contributed by atoms with E-state index in [0.717, 1.165) is 5.52 Å². The van der Waals surface area contributed by atoms with E-state index in [9.17, 15) is 9.59 Å². The van der Waals surface area contributed by atoms with E-state index in [-0.39, 0.29) is 17.8 Å². The van der Waals surface area contributed by atoms with E-state index >= 15 is 0 Å². The van der Waals surface area contributed by atoms with E-state index in [1.54, 1.807) is 40.5 Å². The van der Waals surface area contributed by atoms with Crippen LogP contribution in [0.3, 0.4) is 0 Å². The van der Waals surface area contributed by atoms with Crippen LogP contribution >= 0.6 is 0 Å². The van der Waals surface area contributed by atoms with Gasteiger partial charge >= 0.3 is 11.7 Å². The fourth-order valence-corrected chi connectivity index (χ4v) is 3.56. The van der Waals surface area contributed by atoms with Crippen molar-refractivity contribution >= 4 is 22.9 Å². The number of urea groups is 1. The zero-order valence-corrected chi connectivity index (χ0v) is 15.3. The number of ether oxygens (including phenoxy) is 1. The van der Waals surface area contributed by atoms with E-state index in [0.29, 0.717) is 36.6 Å². The summed E-state index contributed by atoms with van der Waals surface area (Å²) in [4.78, 5) is 31.4. The molecule has 2 aromatic heterocycles. The highest BCUT2D eigenvalue weighted by Gasteiger charge is 2.30. The molecule has 1 aliphatic heterocycles. The maximum atomic E-state index is 12.7. The van der Waals surface area contributed by atoms with Crippen LogP contribution in [0.15, 0.2) is 47.4 Å². The number of amides is 2. The van der Waals surface area contributed by atoms with Gasteiger partial charge in [0.05, 0.1) is 18.7 Å². The molecule has 0 saturated carbocycles. The standard InChI is InChI=1S/C19H21N5O3/c1-22-16-7-4-9-20-17(16)24(19(22)26)14-8-10-23(12-14)18(25)21-13-5-3-6-15(11-13)27-2/h3-7,9,11,14H,8,10,12H2,1-2H3,(H,21,25)/t14-/m1/s1. The Morgan fingerprint density at radius 2 is 2.15 bits per heavy atom. The van der Waals surface area contributed by atoms with Crippen LogP contribution in [0.25, 0.3) is 11.2 Å². The quantitative estimate of drug-likeness (QED) is 0.770. The van der Waals surface area contributed by atoms with Gasteiger partial charge in [-0.2, -0.15) is 0 Å². The molecule has 0 aliphatic carbocycles. The number of pyridine rings is 1. The number of rotatable bonds is 3. The molecule has 3 heterocycles. The summed E-state index contributed by atoms with van der Waals surface area (Å²) in [7, 11) is 3.33. The van der Waals surface area contributed by atoms with Crippen molar-refractivity contribution in [3.63, 3.8) is 0 Å². The third-order valence-corrected chi connectivity index (χ3v) is 4.99. The van der Waals surface area contributed by atoms with Crippen molar-refractivity contribution in [1.29, 1.82) is 0 Å². The number of likely N-dealkylation sites (tertiary alicyclic amines) is 1. The van der Waals surface area contributed by atoms with Crippen LogP contribution in [0.4, 0.5) is 10.5 Å². The molecule has 0 bridgehead atoms. The normalized spacial score (nSPS) is 16.7. The maximum Gasteiger partial charge on any atom is 0.330 e. The monoisotopic (exact) mass is 367 g/mol. The number of aromatic nitrogens is 3. The molecule has 8 nitrogen and oxygen atoms in total. The number of fused-ring (bicyclic) bond motifs is 1. The van der Waals surface area contributed by atoms with Gasteiger partial charge in [0.25, 0.3) is 0 Å². The lowest BCUT2D eigenvalue weighted by Crippen LogP contribution is -2.34. The number of imidazole rings is 1. The van der Waals surface area contributed by atoms with E-state index < -0.39 is 0 Å². The topological polar surface area (TPSA) is 81.4 Å². The van der Waals surface area contributed by atoms with Gasteiger partial charge in [-0.05, 0) is 30.7 Å². The summed E-state index contributed by atoms with van der Waals surface area (Å²) in [5, 5.41) is 2.89. The highest BCUT2D eigenvalue weighted by molar-refractivity contribution is 5.89. The third kappa shape index (κ3) is 3.03. The van der Waals surface area contributed by atoms with Gasteiger partial charge in [0.2, 0.25) is 0 Å². The SMILES string of the molecule is COc1cccc(NC(=O)N2CC[C@@H](n3c(=O)n(C)c4cccnc43)C2)c1. The fourth-order valence-electron chi connectivity index (χ4n) is 3.56. The lowest BCUT2D eigenvalue weighted by molar-refractivity contribution is 0.221. The number of methoxy groups -OCH3 is 1. The van der Waals surface area contributed by atoms with Crippen LogP contribution < -0.4 is 15.7 Å². The Labute approximate surface area is 156 Å². The highest BCUT2D eigenvalue weighted by atomic mass is 16.5. The summed E-state index contributed by atoms with van der Waals surface area (Å²) in [5.74, 6) is 0.681. The molecule has 8 heteroatoms. The number of nitrogens with one attached hydrogen (secondary N) is 1. The molecule has 27 heavy (non-hydrogen) atoms. The lowest BCUT2D eigenvalue weighted by Gasteiger charge is -2.18. The van der Waals surface area contributed by atoms with Crippen molar-refractivity contribution in [2.45, 2.75) is 12.5 Å². The minimum Gasteiger partial charge on any atom is -0.497 e. The zero-order chi connectivity index (χ0) is 19.0. The Morgan fingerprint density at radius 3 is 2.96 bits per heavy atom. The summed E-state index contributed by atoms with van der Waals surface area (Å²) >= 11 is 0. The van der Waals surface area contributed by atoms with E-state index in [2.05, 4.69) is 10.3 Å². The van der Waals surface area contributed by atoms with Gasteiger partial charge in [-0.1, -0.05) is 6.07 Å². The summed E-state index contributed by atoms with van der Waals surface area (Å²) in [6.45, 7) is 1.04. The second kappa shape index (κ2) is 6.79. The highest BCUT2D eigenvalue weighted by Crippen LogP contribution is 2.25. The first-order valence-corrected chi connectivity index (χ1v) is 8.80. The zero-order valence-electron chi connectivity index (χ0n) is 15.3. The Bertz CT molecular complexity index is 1050. The van der Waals surface area contributed by atoms with Gasteiger partial charge in [-0.3, -0.25) is 9.13 Å². The predicted octanol–water partition coefficient (Wildman–Crippen LogP) is 2.22. The molecule has 0 spiro atoms. The van der Waals surface area contributed by atoms with Crippen LogP contribution in [-0.4, -0.2) is 45.2 Å². The smallest absolute Gasteiger partial charge is 0.330 e. The predicted molar refractivity (Wildman–Crippen MR) is 102 cm³/mol. The Hall–Kier alpha value is -3.29. The molecular formula is C19H21N5O3. The van der Waals surface area contributed by atoms with Crippen molar-refractivity contribution in [2.75, 3.05) is 25.5 Å². The fraction of sp³-hybridized carbons (Fsp3) is 0.316. The molecule has 1 N–H and O–H groups in total. The van der Waals surface area contributed by atoms with Gasteiger partial charge < -0.3 is 15.0 Å². The van der Waals surface area contributed by atoms with Gasteiger partial charge in [0.1, 0.15) is 5.75 Å². The number of benzene rings is 1. The molecule has 0 unspecified atom stereocenters. The maximum absolute atomic E-state index is 12.7. The van der Waals surface area contributed by atoms with Crippen molar-refractivity contribution in [3.05, 3.63) is 53.1 Å². The second-order valence-electron chi connectivity index (χ2n) is 6.61. The summed E-state index contributed by atoms with van der Waals surface area (Å²) in [6.07, 6.45) is 2.39. The van der Waals surface area contributed by atoms with Crippen molar-refractivity contribution in [2.24, 2.45) is 7.05 Å². The van der Waals surface area contributed by atoms with Gasteiger partial charge in [0.15, 0.2) is 5.65 Å². The van der Waals surface area contributed by atoms with E-state index in [1.807, 2.05) is 30.3 Å². The number of hydrogen-bond acceptors (Lipinski definition) is 4. The van der Waals surface area contributed by atoms with Gasteiger partial charge in [-0.15, -0.1) is 0 Å². The first-order valence-electron chi connectivity index (χ1n) is 8.80. The van der Waals surface area contributed by atoms with Crippen LogP contribution in [0, 0.1) is 0 Å². The minimum atomic E-state index is -0.188. The molecule has 140 valence electrons. The summed E-state index contributed by atoms with van der Waals surface area (Å²) in [5.41, 5.74) is 2.02. The minimum absolute atomic E-state index is 0.0906. The number of aryl methyl sites for hydroxylation is 1. The third-order valence-electron chi connectivity index (χ3n) is 4.99. The number of nitrogens with zero attached hydrogens (tertiary/aromatic N) is 4. The molecule has 1 fully saturated rings. The summed E-state index contributed by atoms with van der Waals surface area (Å²) in [6, 6.07) is 10.6. The number of carbonyl (C=O) groups excluding carboxylic acids is 1. The van der Waals surface area contributed by atoms with E-state index in [1.165, 1.54) is 0 Å². The van der Waals surface area contributed by atoms with E-state index in [4.69, 9.17) is 4.74 Å². The molecule has 1 atom stereocenters. The van der Waals surface area contributed by atoms with Gasteiger partial charge in [-0.25, -0.2) is 14.6 Å². The number of hydrogen-bond donors (Lipinski definition) is 1. The lowest BCUT2D eigenvalue weighted by atomic mass is 10.2. The molecule has 2 amide bonds. The average Bonchev–Trinajstić information content (AvgIpc) is 3.26. The van der Waals surface area contributed by atoms with Crippen LogP contribution in [-0.2, 0) is 7.05 Å². The Balaban J connectivity index is 1.53. The first kappa shape index (κ1) is 17.1. The van der Waals surface area contributed by atoms with Crippen LogP contribution in [0.5, 0.6) is 5.75 Å². The summed E-state index contributed by atoms with van der Waals surface area (Å²) < 4.78 is 8.48. The Kier molecular flexibility index (Phi) is 4.31. The van der Waals surface area contributed by atoms with Crippen LogP contribution in [0.2, 0.25) is 0 Å². The Morgan fingerprint density at radius 1 is 1.30 bits per heavy atom. The molecule has 1 aliphatic rings. The second-order valence-corrected chi connectivity index (χ2v) is 6.61. The van der Waals surface area contributed by atoms with Crippen LogP contribution in [0.1, 0.15) is 12.5 Å². The molecular weight excluding hydrogens is 346 g/mol. The number of anilines is 1. The first-order chi connectivity index (χ1) is 13.1. The number of carbonyl (C=O) groups is 1. The average molecular weight is 367 g/mol. The molecule has 1 aromatic carbocycles.